The molecule has 1 aromatic carbocycles. The highest BCUT2D eigenvalue weighted by Crippen LogP contribution is 2.30. The fourth-order valence-electron chi connectivity index (χ4n) is 4.46. The van der Waals surface area contributed by atoms with Crippen molar-refractivity contribution in [3.05, 3.63) is 42.1 Å². The van der Waals surface area contributed by atoms with Gasteiger partial charge in [0.1, 0.15) is 5.69 Å². The Bertz CT molecular complexity index is 744. The number of aromatic nitrogens is 1. The zero-order chi connectivity index (χ0) is 16.5. The normalized spacial score (nSPS) is 24.8. The van der Waals surface area contributed by atoms with E-state index in [2.05, 4.69) is 21.7 Å². The van der Waals surface area contributed by atoms with Crippen LogP contribution in [-0.4, -0.2) is 52.4 Å². The van der Waals surface area contributed by atoms with E-state index >= 15 is 0 Å². The summed E-state index contributed by atoms with van der Waals surface area (Å²) in [5.74, 6) is 0.103. The molecule has 2 fully saturated rings. The lowest BCUT2D eigenvalue weighted by Crippen LogP contribution is -2.48. The number of carbonyl (C=O) groups excluding carboxylic acids is 1. The second-order valence-corrected chi connectivity index (χ2v) is 6.94. The summed E-state index contributed by atoms with van der Waals surface area (Å²) in [5.41, 5.74) is 1.48. The van der Waals surface area contributed by atoms with Gasteiger partial charge in [0.25, 0.3) is 5.91 Å². The van der Waals surface area contributed by atoms with Crippen molar-refractivity contribution in [2.75, 3.05) is 19.6 Å². The van der Waals surface area contributed by atoms with Crippen molar-refractivity contribution in [3.8, 4) is 0 Å². The molecule has 2 aliphatic heterocycles. The number of rotatable bonds is 3. The first-order valence-electron chi connectivity index (χ1n) is 9.18. The van der Waals surface area contributed by atoms with Crippen molar-refractivity contribution >= 4 is 16.8 Å². The molecule has 0 radical (unpaired) electrons. The van der Waals surface area contributed by atoms with Gasteiger partial charge in [0.2, 0.25) is 0 Å². The number of hydrogen-bond donors (Lipinski definition) is 0. The molecular formula is C20H25N3O. The van der Waals surface area contributed by atoms with Gasteiger partial charge in [0.15, 0.2) is 0 Å². The van der Waals surface area contributed by atoms with E-state index in [1.54, 1.807) is 0 Å². The number of benzene rings is 1. The third kappa shape index (κ3) is 2.69. The lowest BCUT2D eigenvalue weighted by Gasteiger charge is -2.34. The molecule has 1 aromatic heterocycles. The van der Waals surface area contributed by atoms with Crippen LogP contribution in [0.3, 0.4) is 0 Å². The van der Waals surface area contributed by atoms with Crippen molar-refractivity contribution in [1.82, 2.24) is 14.8 Å². The summed E-state index contributed by atoms with van der Waals surface area (Å²) >= 11 is 0. The number of likely N-dealkylation sites (tertiary alicyclic amines) is 2. The monoisotopic (exact) mass is 323 g/mol. The first-order valence-corrected chi connectivity index (χ1v) is 9.18. The summed E-state index contributed by atoms with van der Waals surface area (Å²) in [6.07, 6.45) is 4.71. The number of carbonyl (C=O) groups is 1. The second kappa shape index (κ2) is 6.52. The fourth-order valence-corrected chi connectivity index (χ4v) is 4.46. The highest BCUT2D eigenvalue weighted by Gasteiger charge is 2.39. The van der Waals surface area contributed by atoms with Crippen LogP contribution in [0.4, 0.5) is 0 Å². The summed E-state index contributed by atoms with van der Waals surface area (Å²) in [4.78, 5) is 22.4. The number of fused-ring (bicyclic) bond motifs is 1. The molecule has 0 unspecified atom stereocenters. The van der Waals surface area contributed by atoms with Crippen LogP contribution in [0.15, 0.2) is 36.4 Å². The molecule has 4 nitrogen and oxygen atoms in total. The maximum absolute atomic E-state index is 13.1. The summed E-state index contributed by atoms with van der Waals surface area (Å²) in [5, 5.41) is 1.08. The maximum atomic E-state index is 13.1. The number of hydrogen-bond acceptors (Lipinski definition) is 3. The summed E-state index contributed by atoms with van der Waals surface area (Å²) in [7, 11) is 0. The summed E-state index contributed by atoms with van der Waals surface area (Å²) < 4.78 is 0. The fraction of sp³-hybridized carbons (Fsp3) is 0.500. The molecule has 4 heteroatoms. The zero-order valence-electron chi connectivity index (χ0n) is 14.3. The Balaban J connectivity index is 1.60. The van der Waals surface area contributed by atoms with Gasteiger partial charge in [-0.25, -0.2) is 4.98 Å². The predicted octanol–water partition coefficient (Wildman–Crippen LogP) is 3.32. The van der Waals surface area contributed by atoms with Crippen molar-refractivity contribution in [1.29, 1.82) is 0 Å². The first kappa shape index (κ1) is 15.6. The molecule has 24 heavy (non-hydrogen) atoms. The van der Waals surface area contributed by atoms with E-state index in [-0.39, 0.29) is 5.91 Å². The zero-order valence-corrected chi connectivity index (χ0v) is 14.3. The molecule has 0 N–H and O–H groups in total. The van der Waals surface area contributed by atoms with E-state index < -0.39 is 0 Å². The Morgan fingerprint density at radius 2 is 1.88 bits per heavy atom. The molecule has 126 valence electrons. The molecule has 0 saturated carbocycles. The van der Waals surface area contributed by atoms with E-state index in [1.807, 2.05) is 36.4 Å². The molecule has 0 aliphatic carbocycles. The smallest absolute Gasteiger partial charge is 0.272 e. The highest BCUT2D eigenvalue weighted by atomic mass is 16.2. The van der Waals surface area contributed by atoms with Crippen LogP contribution in [0.5, 0.6) is 0 Å². The van der Waals surface area contributed by atoms with Gasteiger partial charge in [-0.2, -0.15) is 0 Å². The predicted molar refractivity (Wildman–Crippen MR) is 96.1 cm³/mol. The molecule has 2 aromatic rings. The molecule has 0 spiro atoms. The number of likely N-dealkylation sites (N-methyl/N-ethyl adjacent to an activating group) is 1. The summed E-state index contributed by atoms with van der Waals surface area (Å²) in [6, 6.07) is 12.8. The Hall–Kier alpha value is -1.94. The highest BCUT2D eigenvalue weighted by molar-refractivity contribution is 5.95. The van der Waals surface area contributed by atoms with Crippen LogP contribution in [0.2, 0.25) is 0 Å². The average molecular weight is 323 g/mol. The third-order valence-electron chi connectivity index (χ3n) is 5.64. The molecule has 2 aliphatic rings. The third-order valence-corrected chi connectivity index (χ3v) is 5.64. The first-order chi connectivity index (χ1) is 11.8. The van der Waals surface area contributed by atoms with E-state index in [0.717, 1.165) is 36.8 Å². The van der Waals surface area contributed by atoms with E-state index in [9.17, 15) is 4.79 Å². The molecule has 4 rings (SSSR count). The van der Waals surface area contributed by atoms with Gasteiger partial charge in [0, 0.05) is 24.0 Å². The molecular weight excluding hydrogens is 298 g/mol. The minimum atomic E-state index is 0.103. The maximum Gasteiger partial charge on any atom is 0.272 e. The number of amides is 1. The molecule has 0 bridgehead atoms. The van der Waals surface area contributed by atoms with Crippen LogP contribution >= 0.6 is 0 Å². The van der Waals surface area contributed by atoms with Crippen LogP contribution in [0.1, 0.15) is 43.1 Å². The topological polar surface area (TPSA) is 36.4 Å². The largest absolute Gasteiger partial charge is 0.333 e. The number of para-hydroxylation sites is 1. The van der Waals surface area contributed by atoms with Crippen molar-refractivity contribution in [2.45, 2.75) is 44.7 Å². The molecule has 2 saturated heterocycles. The quantitative estimate of drug-likeness (QED) is 0.869. The van der Waals surface area contributed by atoms with Crippen LogP contribution in [0.25, 0.3) is 10.9 Å². The van der Waals surface area contributed by atoms with Crippen LogP contribution < -0.4 is 0 Å². The minimum absolute atomic E-state index is 0.103. The van der Waals surface area contributed by atoms with Crippen LogP contribution in [0, 0.1) is 0 Å². The second-order valence-electron chi connectivity index (χ2n) is 6.94. The van der Waals surface area contributed by atoms with Gasteiger partial charge in [-0.05, 0) is 50.9 Å². The van der Waals surface area contributed by atoms with Crippen LogP contribution in [-0.2, 0) is 0 Å². The summed E-state index contributed by atoms with van der Waals surface area (Å²) in [6.45, 7) is 5.35. The Kier molecular flexibility index (Phi) is 4.23. The minimum Gasteiger partial charge on any atom is -0.333 e. The van der Waals surface area contributed by atoms with Gasteiger partial charge in [-0.3, -0.25) is 9.69 Å². The van der Waals surface area contributed by atoms with Gasteiger partial charge in [-0.15, -0.1) is 0 Å². The number of nitrogens with zero attached hydrogens (tertiary/aromatic N) is 3. The van der Waals surface area contributed by atoms with Gasteiger partial charge in [0.05, 0.1) is 5.52 Å². The van der Waals surface area contributed by atoms with Gasteiger partial charge in [-0.1, -0.05) is 31.2 Å². The van der Waals surface area contributed by atoms with Crippen molar-refractivity contribution in [2.24, 2.45) is 0 Å². The van der Waals surface area contributed by atoms with Gasteiger partial charge < -0.3 is 4.90 Å². The molecule has 1 amide bonds. The lowest BCUT2D eigenvalue weighted by molar-refractivity contribution is 0.0644. The van der Waals surface area contributed by atoms with E-state index in [4.69, 9.17) is 0 Å². The molecule has 3 heterocycles. The SMILES string of the molecule is CCN1CCC[C@@H]1[C@@H]1CCCN1C(=O)c1ccc2ccccc2n1. The Morgan fingerprint density at radius 3 is 2.75 bits per heavy atom. The van der Waals surface area contributed by atoms with Crippen molar-refractivity contribution in [3.63, 3.8) is 0 Å². The van der Waals surface area contributed by atoms with Gasteiger partial charge >= 0.3 is 0 Å². The van der Waals surface area contributed by atoms with E-state index in [0.29, 0.717) is 17.8 Å². The Labute approximate surface area is 143 Å². The standard InChI is InChI=1S/C20H25N3O/c1-2-22-13-5-9-18(22)19-10-6-14-23(19)20(24)17-12-11-15-7-3-4-8-16(15)21-17/h3-4,7-8,11-12,18-19H,2,5-6,9-10,13-14H2,1H3/t18-,19+/m1/s1. The Morgan fingerprint density at radius 1 is 1.08 bits per heavy atom. The lowest BCUT2D eigenvalue weighted by atomic mass is 10.0. The number of pyridine rings is 1. The van der Waals surface area contributed by atoms with E-state index in [1.165, 1.54) is 19.4 Å². The van der Waals surface area contributed by atoms with Crippen molar-refractivity contribution < 1.29 is 4.79 Å². The molecule has 2 atom stereocenters. The average Bonchev–Trinajstić information content (AvgIpc) is 3.28.